The lowest BCUT2D eigenvalue weighted by Gasteiger charge is -2.33. The average Bonchev–Trinajstić information content (AvgIpc) is 4.52. The molecule has 0 saturated carbocycles. The zero-order valence-electron chi connectivity index (χ0n) is 52.6. The van der Waals surface area contributed by atoms with Gasteiger partial charge in [0, 0.05) is 16.3 Å². The van der Waals surface area contributed by atoms with E-state index in [1.807, 2.05) is 138 Å². The van der Waals surface area contributed by atoms with Crippen LogP contribution in [0.25, 0.3) is 78.6 Å². The van der Waals surface area contributed by atoms with Crippen molar-refractivity contribution in [2.45, 2.75) is 149 Å². The van der Waals surface area contributed by atoms with Gasteiger partial charge in [-0.25, -0.2) is 0 Å². The van der Waals surface area contributed by atoms with Crippen LogP contribution in [0, 0.1) is 0 Å². The molecule has 0 aliphatic heterocycles. The standard InChI is InChI=1S/2C29H18O.10C2H6/c1-2-8-22-21(7-1)23-9-3-5-11-25(23)29(26-12-6-4-10-24(22)26)17-15-19-13-14-20-16-18-30-28(20)27(19)29;1-2-8-21-20(7-1)22-9-3-5-11-25(22)29(26-12-6-4-10-23(21)26)17-15-19-13-14-27-24(28(19)29)16-18-30-27;10*1-2/h2*1-18H;10*1-2H3. The molecule has 2 spiro atoms. The number of benzene rings is 8. The first-order chi connectivity index (χ1) is 39.8. The van der Waals surface area contributed by atoms with E-state index in [4.69, 9.17) is 8.83 Å². The van der Waals surface area contributed by atoms with Crippen molar-refractivity contribution in [2.75, 3.05) is 0 Å². The van der Waals surface area contributed by atoms with Gasteiger partial charge in [-0.05, 0) is 102 Å². The van der Waals surface area contributed by atoms with Crippen LogP contribution >= 0.6 is 0 Å². The van der Waals surface area contributed by atoms with E-state index in [0.717, 1.165) is 16.6 Å². The maximum atomic E-state index is 6.10. The molecular weight excluding hydrogens is 969 g/mol. The third-order valence-corrected chi connectivity index (χ3v) is 13.6. The largest absolute Gasteiger partial charge is 0.464 e. The molecule has 0 bridgehead atoms. The summed E-state index contributed by atoms with van der Waals surface area (Å²) in [5, 5.41) is 2.33. The lowest BCUT2D eigenvalue weighted by atomic mass is 9.68. The zero-order valence-corrected chi connectivity index (χ0v) is 52.6. The molecule has 4 aliphatic carbocycles. The Bertz CT molecular complexity index is 3090. The molecule has 2 heterocycles. The van der Waals surface area contributed by atoms with Crippen LogP contribution in [-0.2, 0) is 10.8 Å². The molecular formula is C78H96O2. The lowest BCUT2D eigenvalue weighted by Crippen LogP contribution is -2.26. The molecule has 0 saturated heterocycles. The maximum Gasteiger partial charge on any atom is 0.139 e. The Labute approximate surface area is 485 Å². The summed E-state index contributed by atoms with van der Waals surface area (Å²) in [6.45, 7) is 40.0. The predicted octanol–water partition coefficient (Wildman–Crippen LogP) is 25.1. The van der Waals surface area contributed by atoms with Crippen LogP contribution in [0.5, 0.6) is 0 Å². The first-order valence-electron chi connectivity index (χ1n) is 30.7. The Kier molecular flexibility index (Phi) is 28.0. The summed E-state index contributed by atoms with van der Waals surface area (Å²) in [6.07, 6.45) is 12.9. The highest BCUT2D eigenvalue weighted by Gasteiger charge is 2.46. The van der Waals surface area contributed by atoms with Gasteiger partial charge in [0.05, 0.1) is 23.4 Å². The molecule has 10 aromatic rings. The van der Waals surface area contributed by atoms with E-state index in [9.17, 15) is 0 Å². The Morgan fingerprint density at radius 2 is 0.562 bits per heavy atom. The number of hydrogen-bond acceptors (Lipinski definition) is 2. The van der Waals surface area contributed by atoms with Crippen molar-refractivity contribution < 1.29 is 8.83 Å². The SMILES string of the molecule is C1=CC2(c3ccccc3-c3ccccc3-c3ccccc32)c2c1ccc1ccoc21.C1=CC2(c3ccccc3-c3ccccc3-c3ccccc32)c2c1ccc1occc21.CC.CC.CC.CC.CC.CC.CC.CC.CC.CC. The summed E-state index contributed by atoms with van der Waals surface area (Å²) in [7, 11) is 0. The maximum absolute atomic E-state index is 6.10. The first kappa shape index (κ1) is 66.6. The molecule has 420 valence electrons. The summed E-state index contributed by atoms with van der Waals surface area (Å²) < 4.78 is 11.9. The summed E-state index contributed by atoms with van der Waals surface area (Å²) in [5.41, 5.74) is 21.8. The minimum Gasteiger partial charge on any atom is -0.464 e. The second-order valence-electron chi connectivity index (χ2n) is 16.3. The van der Waals surface area contributed by atoms with Crippen molar-refractivity contribution in [2.24, 2.45) is 0 Å². The molecule has 2 aromatic heterocycles. The normalized spacial score (nSPS) is 11.8. The Morgan fingerprint density at radius 3 is 0.938 bits per heavy atom. The van der Waals surface area contributed by atoms with Gasteiger partial charge in [-0.2, -0.15) is 0 Å². The van der Waals surface area contributed by atoms with Crippen LogP contribution < -0.4 is 0 Å². The molecule has 4 aliphatic rings. The van der Waals surface area contributed by atoms with Gasteiger partial charge in [-0.1, -0.05) is 327 Å². The van der Waals surface area contributed by atoms with E-state index < -0.39 is 0 Å². The molecule has 0 unspecified atom stereocenters. The molecule has 0 atom stereocenters. The van der Waals surface area contributed by atoms with Crippen LogP contribution in [0.1, 0.15) is 183 Å². The summed E-state index contributed by atoms with van der Waals surface area (Å²) in [6, 6.07) is 65.9. The third-order valence-electron chi connectivity index (χ3n) is 13.6. The number of hydrogen-bond donors (Lipinski definition) is 0. The van der Waals surface area contributed by atoms with Crippen LogP contribution in [0.2, 0.25) is 0 Å². The van der Waals surface area contributed by atoms with Gasteiger partial charge in [0.1, 0.15) is 11.2 Å². The second-order valence-corrected chi connectivity index (χ2v) is 16.3. The average molecular weight is 1070 g/mol. The quantitative estimate of drug-likeness (QED) is 0.151. The van der Waals surface area contributed by atoms with E-state index in [1.165, 1.54) is 94.4 Å². The van der Waals surface area contributed by atoms with E-state index in [2.05, 4.69) is 206 Å². The van der Waals surface area contributed by atoms with Gasteiger partial charge < -0.3 is 8.83 Å². The highest BCUT2D eigenvalue weighted by molar-refractivity contribution is 6.00. The number of rotatable bonds is 0. The minimum absolute atomic E-state index is 0.356. The van der Waals surface area contributed by atoms with Gasteiger partial charge in [0.2, 0.25) is 0 Å². The van der Waals surface area contributed by atoms with E-state index in [1.54, 1.807) is 12.5 Å². The van der Waals surface area contributed by atoms with Crippen LogP contribution in [0.3, 0.4) is 0 Å². The number of allylic oxidation sites excluding steroid dienone is 2. The Morgan fingerprint density at radius 1 is 0.263 bits per heavy atom. The molecule has 8 aromatic carbocycles. The number of furan rings is 2. The van der Waals surface area contributed by atoms with Crippen molar-refractivity contribution in [1.82, 2.24) is 0 Å². The van der Waals surface area contributed by atoms with Crippen molar-refractivity contribution in [1.29, 1.82) is 0 Å². The van der Waals surface area contributed by atoms with Gasteiger partial charge in [-0.3, -0.25) is 0 Å². The lowest BCUT2D eigenvalue weighted by molar-refractivity contribution is 0.604. The van der Waals surface area contributed by atoms with Crippen LogP contribution in [0.15, 0.2) is 216 Å². The summed E-state index contributed by atoms with van der Waals surface area (Å²) in [5.74, 6) is 0. The molecule has 0 N–H and O–H groups in total. The second kappa shape index (κ2) is 33.7. The summed E-state index contributed by atoms with van der Waals surface area (Å²) in [4.78, 5) is 0. The smallest absolute Gasteiger partial charge is 0.139 e. The number of fused-ring (bicyclic) bond motifs is 22. The molecule has 14 rings (SSSR count). The van der Waals surface area contributed by atoms with Crippen molar-refractivity contribution in [3.8, 4) is 44.5 Å². The highest BCUT2D eigenvalue weighted by Crippen LogP contribution is 2.58. The Hall–Kier alpha value is -7.68. The summed E-state index contributed by atoms with van der Waals surface area (Å²) >= 11 is 0. The molecule has 0 fully saturated rings. The molecule has 0 radical (unpaired) electrons. The predicted molar refractivity (Wildman–Crippen MR) is 358 cm³/mol. The van der Waals surface area contributed by atoms with Crippen LogP contribution in [0.4, 0.5) is 0 Å². The molecule has 80 heavy (non-hydrogen) atoms. The van der Waals surface area contributed by atoms with E-state index >= 15 is 0 Å². The van der Waals surface area contributed by atoms with Crippen molar-refractivity contribution in [3.63, 3.8) is 0 Å². The Balaban J connectivity index is 0.000000321. The van der Waals surface area contributed by atoms with Gasteiger partial charge in [0.15, 0.2) is 0 Å². The van der Waals surface area contributed by atoms with Gasteiger partial charge in [0.25, 0.3) is 0 Å². The third kappa shape index (κ3) is 11.9. The first-order valence-corrected chi connectivity index (χ1v) is 30.7. The fourth-order valence-electron chi connectivity index (χ4n) is 11.2. The van der Waals surface area contributed by atoms with E-state index in [-0.39, 0.29) is 10.8 Å². The molecule has 0 amide bonds. The van der Waals surface area contributed by atoms with E-state index in [0.29, 0.717) is 0 Å². The monoisotopic (exact) mass is 1060 g/mol. The van der Waals surface area contributed by atoms with Gasteiger partial charge >= 0.3 is 0 Å². The molecule has 2 nitrogen and oxygen atoms in total. The minimum atomic E-state index is -0.390. The zero-order chi connectivity index (χ0) is 59.4. The topological polar surface area (TPSA) is 26.3 Å². The van der Waals surface area contributed by atoms with Crippen molar-refractivity contribution in [3.05, 3.63) is 251 Å². The van der Waals surface area contributed by atoms with Gasteiger partial charge in [-0.15, -0.1) is 0 Å². The fraction of sp³-hybridized carbons (Fsp3) is 0.282. The molecule has 2 heteroatoms. The van der Waals surface area contributed by atoms with Crippen LogP contribution in [-0.4, -0.2) is 0 Å². The fourth-order valence-corrected chi connectivity index (χ4v) is 11.2. The van der Waals surface area contributed by atoms with Crippen molar-refractivity contribution >= 4 is 34.1 Å². The highest BCUT2D eigenvalue weighted by atomic mass is 16.3.